The van der Waals surface area contributed by atoms with Gasteiger partial charge < -0.3 is 79.9 Å². The molecule has 0 bridgehead atoms. The molecule has 5 rings (SSSR count). The van der Waals surface area contributed by atoms with Crippen molar-refractivity contribution in [3.8, 4) is 28.7 Å². The fourth-order valence-electron chi connectivity index (χ4n) is 5.16. The summed E-state index contributed by atoms with van der Waals surface area (Å²) in [7, 11) is 0. The zero-order chi connectivity index (χ0) is 30.5. The second kappa shape index (κ2) is 11.9. The summed E-state index contributed by atoms with van der Waals surface area (Å²) in [6.07, 6.45) is -19.0. The Bertz CT molecular complexity index is 1260. The molecule has 12 atom stereocenters. The van der Waals surface area contributed by atoms with Crippen LogP contribution in [0.2, 0.25) is 0 Å². The van der Waals surface area contributed by atoms with Gasteiger partial charge in [0.05, 0.1) is 18.8 Å². The minimum atomic E-state index is -1.84. The van der Waals surface area contributed by atoms with Crippen LogP contribution in [0.1, 0.15) is 23.3 Å². The molecule has 12 unspecified atom stereocenters. The van der Waals surface area contributed by atoms with Crippen molar-refractivity contribution in [2.45, 2.75) is 73.6 Å². The maximum atomic E-state index is 11.2. The van der Waals surface area contributed by atoms with E-state index in [1.165, 1.54) is 6.07 Å². The minimum Gasteiger partial charge on any atom is -0.508 e. The average Bonchev–Trinajstić information content (AvgIpc) is 2.95. The second-order valence-corrected chi connectivity index (χ2v) is 10.3. The largest absolute Gasteiger partial charge is 0.508 e. The second-order valence-electron chi connectivity index (χ2n) is 10.3. The van der Waals surface area contributed by atoms with Crippen molar-refractivity contribution >= 4 is 0 Å². The molecule has 0 aromatic heterocycles. The molecule has 3 heterocycles. The highest BCUT2D eigenvalue weighted by molar-refractivity contribution is 5.53. The summed E-state index contributed by atoms with van der Waals surface area (Å²) in [5, 5.41) is 112. The van der Waals surface area contributed by atoms with Crippen LogP contribution in [0.3, 0.4) is 0 Å². The van der Waals surface area contributed by atoms with Crippen molar-refractivity contribution in [3.05, 3.63) is 41.5 Å². The first-order valence-corrected chi connectivity index (χ1v) is 12.9. The summed E-state index contributed by atoms with van der Waals surface area (Å²) in [4.78, 5) is 0. The topological polar surface area (TPSA) is 269 Å². The molecule has 0 saturated carbocycles. The Morgan fingerprint density at radius 3 is 2.14 bits per heavy atom. The first-order valence-electron chi connectivity index (χ1n) is 12.9. The molecular weight excluding hydrogens is 568 g/mol. The predicted octanol–water partition coefficient (Wildman–Crippen LogP) is -2.68. The lowest BCUT2D eigenvalue weighted by Gasteiger charge is -2.45. The smallest absolute Gasteiger partial charge is 0.187 e. The molecule has 42 heavy (non-hydrogen) atoms. The van der Waals surface area contributed by atoms with Crippen LogP contribution >= 0.6 is 0 Å². The maximum Gasteiger partial charge on any atom is 0.187 e. The van der Waals surface area contributed by atoms with Gasteiger partial charge in [-0.2, -0.15) is 0 Å². The molecule has 3 aliphatic heterocycles. The van der Waals surface area contributed by atoms with Gasteiger partial charge in [-0.1, -0.05) is 6.07 Å². The number of aliphatic hydroxyl groups is 7. The highest BCUT2D eigenvalue weighted by atomic mass is 16.7. The predicted molar refractivity (Wildman–Crippen MR) is 133 cm³/mol. The summed E-state index contributed by atoms with van der Waals surface area (Å²) in [5.74, 6) is -1.98. The van der Waals surface area contributed by atoms with Crippen molar-refractivity contribution in [2.75, 3.05) is 13.2 Å². The molecule has 2 aromatic rings. The highest BCUT2D eigenvalue weighted by Gasteiger charge is 2.50. The van der Waals surface area contributed by atoms with Gasteiger partial charge in [0.2, 0.25) is 0 Å². The van der Waals surface area contributed by atoms with E-state index in [1.54, 1.807) is 0 Å². The van der Waals surface area contributed by atoms with Gasteiger partial charge in [-0.25, -0.2) is 0 Å². The molecule has 0 aliphatic carbocycles. The zero-order valence-electron chi connectivity index (χ0n) is 21.7. The van der Waals surface area contributed by atoms with Crippen LogP contribution in [0, 0.1) is 0 Å². The Morgan fingerprint density at radius 2 is 1.45 bits per heavy atom. The van der Waals surface area contributed by atoms with E-state index in [0.717, 1.165) is 24.3 Å². The van der Waals surface area contributed by atoms with Crippen molar-refractivity contribution in [1.82, 2.24) is 0 Å². The van der Waals surface area contributed by atoms with E-state index < -0.39 is 104 Å². The van der Waals surface area contributed by atoms with Crippen LogP contribution in [0.4, 0.5) is 0 Å². The van der Waals surface area contributed by atoms with Gasteiger partial charge in [0.25, 0.3) is 0 Å². The standard InChI is InChI=1S/C26H32O16/c27-6-14-17(32)20(35)22(37)26(40-14)41-15-7-38-25(21(36)18(15)33)42-24-19(34)16-12(31)4-9(28)5-13(16)39-23(24)8-1-2-10(29)11(30)3-8/h1-5,14-15,17-37H,6-7H2. The molecule has 232 valence electrons. The Morgan fingerprint density at radius 1 is 0.738 bits per heavy atom. The molecule has 16 heteroatoms. The SMILES string of the molecule is OCC1OC(OC2COC(OC3C(O)c4c(O)cc(O)cc4OC3c3ccc(O)c(O)c3)C(O)C2O)C(O)C(O)C1O. The number of rotatable bonds is 6. The van der Waals surface area contributed by atoms with Crippen LogP contribution in [0.15, 0.2) is 30.3 Å². The van der Waals surface area contributed by atoms with E-state index in [0.29, 0.717) is 0 Å². The summed E-state index contributed by atoms with van der Waals surface area (Å²) < 4.78 is 28.1. The summed E-state index contributed by atoms with van der Waals surface area (Å²) >= 11 is 0. The van der Waals surface area contributed by atoms with E-state index in [1.807, 2.05) is 0 Å². The van der Waals surface area contributed by atoms with Gasteiger partial charge in [-0.05, 0) is 17.7 Å². The van der Waals surface area contributed by atoms with E-state index in [4.69, 9.17) is 23.7 Å². The fraction of sp³-hybridized carbons (Fsp3) is 0.538. The third-order valence-corrected chi connectivity index (χ3v) is 7.48. The summed E-state index contributed by atoms with van der Waals surface area (Å²) in [6, 6.07) is 5.75. The van der Waals surface area contributed by atoms with Crippen molar-refractivity contribution in [2.24, 2.45) is 0 Å². The van der Waals surface area contributed by atoms with E-state index in [-0.39, 0.29) is 22.6 Å². The molecule has 2 aromatic carbocycles. The van der Waals surface area contributed by atoms with E-state index >= 15 is 0 Å². The Balaban J connectivity index is 1.36. The fourth-order valence-corrected chi connectivity index (χ4v) is 5.16. The van der Waals surface area contributed by atoms with Gasteiger partial charge in [0.15, 0.2) is 30.2 Å². The van der Waals surface area contributed by atoms with Gasteiger partial charge in [0.1, 0.15) is 72.2 Å². The Kier molecular flexibility index (Phi) is 8.66. The zero-order valence-corrected chi connectivity index (χ0v) is 21.7. The maximum absolute atomic E-state index is 11.2. The van der Waals surface area contributed by atoms with Gasteiger partial charge in [0, 0.05) is 12.1 Å². The number of benzene rings is 2. The molecule has 0 amide bonds. The van der Waals surface area contributed by atoms with Crippen molar-refractivity contribution in [1.29, 1.82) is 0 Å². The molecule has 2 saturated heterocycles. The lowest BCUT2D eigenvalue weighted by molar-refractivity contribution is -0.350. The number of phenols is 4. The third-order valence-electron chi connectivity index (χ3n) is 7.48. The number of fused-ring (bicyclic) bond motifs is 1. The lowest BCUT2D eigenvalue weighted by atomic mass is 9.91. The quantitative estimate of drug-likeness (QED) is 0.151. The van der Waals surface area contributed by atoms with Gasteiger partial charge >= 0.3 is 0 Å². The van der Waals surface area contributed by atoms with Crippen LogP contribution in [0.25, 0.3) is 0 Å². The molecule has 0 radical (unpaired) electrons. The minimum absolute atomic E-state index is 0.115. The summed E-state index contributed by atoms with van der Waals surface area (Å²) in [6.45, 7) is -1.18. The normalized spacial score (nSPS) is 38.5. The van der Waals surface area contributed by atoms with E-state index in [2.05, 4.69) is 0 Å². The lowest BCUT2D eigenvalue weighted by Crippen LogP contribution is -2.62. The summed E-state index contributed by atoms with van der Waals surface area (Å²) in [5.41, 5.74) is 0.0178. The highest BCUT2D eigenvalue weighted by Crippen LogP contribution is 2.49. The van der Waals surface area contributed by atoms with Crippen molar-refractivity contribution < 1.29 is 79.9 Å². The van der Waals surface area contributed by atoms with E-state index in [9.17, 15) is 56.2 Å². The number of hydrogen-bond donors (Lipinski definition) is 11. The van der Waals surface area contributed by atoms with Crippen LogP contribution in [-0.2, 0) is 18.9 Å². The molecule has 11 N–H and O–H groups in total. The number of aromatic hydroxyl groups is 4. The van der Waals surface area contributed by atoms with Gasteiger partial charge in [-0.15, -0.1) is 0 Å². The molecule has 16 nitrogen and oxygen atoms in total. The first-order chi connectivity index (χ1) is 19.9. The van der Waals surface area contributed by atoms with Gasteiger partial charge in [-0.3, -0.25) is 0 Å². The first kappa shape index (κ1) is 30.5. The van der Waals surface area contributed by atoms with Crippen LogP contribution in [0.5, 0.6) is 28.7 Å². The monoisotopic (exact) mass is 600 g/mol. The molecular formula is C26H32O16. The Hall–Kier alpha value is -3.00. The number of aliphatic hydroxyl groups excluding tert-OH is 7. The van der Waals surface area contributed by atoms with Crippen LogP contribution in [-0.4, -0.2) is 131 Å². The van der Waals surface area contributed by atoms with Crippen LogP contribution < -0.4 is 4.74 Å². The van der Waals surface area contributed by atoms with Crippen molar-refractivity contribution in [3.63, 3.8) is 0 Å². The molecule has 3 aliphatic rings. The molecule has 0 spiro atoms. The molecule has 2 fully saturated rings. The third kappa shape index (κ3) is 5.54. The average molecular weight is 601 g/mol. The Labute approximate surface area is 237 Å². The number of ether oxygens (including phenoxy) is 5. The number of phenolic OH excluding ortho intramolecular Hbond substituents is 4. The number of hydrogen-bond acceptors (Lipinski definition) is 16.